The molecule has 4 aromatic rings. The average molecular weight is 415 g/mol. The first-order valence-corrected chi connectivity index (χ1v) is 11.3. The van der Waals surface area contributed by atoms with Crippen molar-refractivity contribution in [1.82, 2.24) is 19.3 Å². The van der Waals surface area contributed by atoms with E-state index < -0.39 is 0 Å². The highest BCUT2D eigenvalue weighted by molar-refractivity contribution is 5.82. The van der Waals surface area contributed by atoms with Crippen LogP contribution in [0.15, 0.2) is 52.1 Å². The first-order chi connectivity index (χ1) is 15.1. The summed E-state index contributed by atoms with van der Waals surface area (Å²) in [5, 5.41) is 0.927. The van der Waals surface area contributed by atoms with E-state index in [4.69, 9.17) is 4.42 Å². The molecule has 1 saturated heterocycles. The molecule has 0 radical (unpaired) electrons. The summed E-state index contributed by atoms with van der Waals surface area (Å²) in [4.78, 5) is 24.3. The number of likely N-dealkylation sites (tertiary alicyclic amines) is 1. The largest absolute Gasteiger partial charge is 0.422 e. The van der Waals surface area contributed by atoms with E-state index in [9.17, 15) is 4.79 Å². The van der Waals surface area contributed by atoms with Crippen LogP contribution >= 0.6 is 0 Å². The molecule has 1 aromatic carbocycles. The van der Waals surface area contributed by atoms with Gasteiger partial charge in [0.2, 0.25) is 0 Å². The van der Waals surface area contributed by atoms with Gasteiger partial charge in [-0.25, -0.2) is 9.78 Å². The van der Waals surface area contributed by atoms with E-state index in [1.807, 2.05) is 29.8 Å². The molecule has 0 amide bonds. The quantitative estimate of drug-likeness (QED) is 0.461. The molecule has 2 aliphatic rings. The van der Waals surface area contributed by atoms with Gasteiger partial charge in [-0.3, -0.25) is 4.98 Å². The van der Waals surface area contributed by atoms with E-state index in [0.717, 1.165) is 17.1 Å². The molecule has 0 bridgehead atoms. The molecule has 158 valence electrons. The Labute approximate surface area is 180 Å². The lowest BCUT2D eigenvalue weighted by molar-refractivity contribution is 0.0975. The molecule has 6 nitrogen and oxygen atoms in total. The molecule has 1 aliphatic heterocycles. The minimum atomic E-state index is -0.350. The minimum absolute atomic E-state index is 0.350. The summed E-state index contributed by atoms with van der Waals surface area (Å²) in [6.07, 6.45) is 12.0. The topological polar surface area (TPSA) is 63.6 Å². The summed E-state index contributed by atoms with van der Waals surface area (Å²) in [7, 11) is 0. The Balaban J connectivity index is 1.29. The van der Waals surface area contributed by atoms with E-state index in [2.05, 4.69) is 33.1 Å². The van der Waals surface area contributed by atoms with Gasteiger partial charge in [0, 0.05) is 23.8 Å². The highest BCUT2D eigenvalue weighted by Crippen LogP contribution is 2.34. The van der Waals surface area contributed by atoms with Gasteiger partial charge in [0.05, 0.1) is 23.1 Å². The molecule has 4 heterocycles. The fourth-order valence-corrected chi connectivity index (χ4v) is 5.04. The molecule has 0 atom stereocenters. The molecule has 0 spiro atoms. The number of piperidine rings is 1. The average Bonchev–Trinajstić information content (AvgIpc) is 3.15. The lowest BCUT2D eigenvalue weighted by atomic mass is 9.85. The van der Waals surface area contributed by atoms with Gasteiger partial charge in [-0.2, -0.15) is 0 Å². The third kappa shape index (κ3) is 3.35. The van der Waals surface area contributed by atoms with Crippen molar-refractivity contribution in [3.63, 3.8) is 0 Å². The van der Waals surface area contributed by atoms with Crippen LogP contribution < -0.4 is 5.63 Å². The summed E-state index contributed by atoms with van der Waals surface area (Å²) >= 11 is 0. The maximum Gasteiger partial charge on any atom is 0.345 e. The molecular formula is C25H26N4O2. The van der Waals surface area contributed by atoms with Crippen molar-refractivity contribution in [1.29, 1.82) is 0 Å². The van der Waals surface area contributed by atoms with E-state index in [1.165, 1.54) is 50.8 Å². The molecule has 6 rings (SSSR count). The van der Waals surface area contributed by atoms with Gasteiger partial charge in [0.25, 0.3) is 0 Å². The van der Waals surface area contributed by atoms with Gasteiger partial charge >= 0.3 is 5.63 Å². The summed E-state index contributed by atoms with van der Waals surface area (Å²) in [5.74, 6) is 0.542. The Morgan fingerprint density at radius 3 is 2.68 bits per heavy atom. The Bertz CT molecular complexity index is 1330. The molecule has 31 heavy (non-hydrogen) atoms. The predicted octanol–water partition coefficient (Wildman–Crippen LogP) is 4.54. The fraction of sp³-hybridized carbons (Fsp3) is 0.400. The normalized spacial score (nSPS) is 18.6. The van der Waals surface area contributed by atoms with Gasteiger partial charge < -0.3 is 13.7 Å². The molecule has 1 saturated carbocycles. The smallest absolute Gasteiger partial charge is 0.345 e. The highest BCUT2D eigenvalue weighted by atomic mass is 16.4. The zero-order valence-electron chi connectivity index (χ0n) is 17.8. The number of aryl methyl sites for hydroxylation is 1. The number of hydrogen-bond donors (Lipinski definition) is 0. The van der Waals surface area contributed by atoms with Crippen LogP contribution in [0.4, 0.5) is 0 Å². The number of imidazole rings is 1. The van der Waals surface area contributed by atoms with Crippen LogP contribution in [0.25, 0.3) is 27.9 Å². The molecule has 0 unspecified atom stereocenters. The van der Waals surface area contributed by atoms with Gasteiger partial charge in [0.1, 0.15) is 5.58 Å². The Kier molecular flexibility index (Phi) is 4.42. The number of aromatic nitrogens is 3. The highest BCUT2D eigenvalue weighted by Gasteiger charge is 2.29. The van der Waals surface area contributed by atoms with Crippen molar-refractivity contribution < 1.29 is 4.42 Å². The Morgan fingerprint density at radius 2 is 1.90 bits per heavy atom. The maximum absolute atomic E-state index is 12.8. The monoisotopic (exact) mass is 414 g/mol. The Morgan fingerprint density at radius 1 is 1.06 bits per heavy atom. The van der Waals surface area contributed by atoms with Crippen LogP contribution in [0.5, 0.6) is 0 Å². The van der Waals surface area contributed by atoms with E-state index in [1.54, 1.807) is 6.20 Å². The lowest BCUT2D eigenvalue weighted by Crippen LogP contribution is -2.44. The van der Waals surface area contributed by atoms with Crippen molar-refractivity contribution in [2.24, 2.45) is 0 Å². The minimum Gasteiger partial charge on any atom is -0.422 e. The van der Waals surface area contributed by atoms with E-state index in [-0.39, 0.29) is 5.63 Å². The second-order valence-corrected chi connectivity index (χ2v) is 9.06. The summed E-state index contributed by atoms with van der Waals surface area (Å²) in [5.41, 5.74) is 4.29. The van der Waals surface area contributed by atoms with Gasteiger partial charge in [-0.15, -0.1) is 0 Å². The zero-order valence-corrected chi connectivity index (χ0v) is 17.8. The van der Waals surface area contributed by atoms with Crippen LogP contribution in [-0.4, -0.2) is 38.4 Å². The first-order valence-electron chi connectivity index (χ1n) is 11.3. The summed E-state index contributed by atoms with van der Waals surface area (Å²) < 4.78 is 7.64. The summed E-state index contributed by atoms with van der Waals surface area (Å²) in [6.45, 7) is 4.29. The zero-order chi connectivity index (χ0) is 20.9. The van der Waals surface area contributed by atoms with Crippen LogP contribution in [0.2, 0.25) is 0 Å². The molecule has 6 heteroatoms. The number of hydrogen-bond acceptors (Lipinski definition) is 5. The van der Waals surface area contributed by atoms with Crippen LogP contribution in [0.3, 0.4) is 0 Å². The Hall–Kier alpha value is -2.99. The van der Waals surface area contributed by atoms with Crippen molar-refractivity contribution in [2.45, 2.75) is 51.0 Å². The third-order valence-electron chi connectivity index (χ3n) is 7.10. The SMILES string of the molecule is Cc1cn2cc(-c3cc4ccc(C5CCN(C6CCC6)CC5)cc4oc3=O)nc2cn1. The number of fused-ring (bicyclic) bond motifs is 2. The van der Waals surface area contributed by atoms with Crippen molar-refractivity contribution >= 4 is 16.6 Å². The van der Waals surface area contributed by atoms with Gasteiger partial charge in [-0.1, -0.05) is 18.6 Å². The van der Waals surface area contributed by atoms with E-state index >= 15 is 0 Å². The third-order valence-corrected chi connectivity index (χ3v) is 7.10. The second kappa shape index (κ2) is 7.31. The van der Waals surface area contributed by atoms with Gasteiger partial charge in [-0.05, 0) is 69.3 Å². The van der Waals surface area contributed by atoms with Crippen molar-refractivity contribution in [3.8, 4) is 11.3 Å². The summed E-state index contributed by atoms with van der Waals surface area (Å²) in [6, 6.07) is 9.07. The lowest BCUT2D eigenvalue weighted by Gasteiger charge is -2.41. The molecule has 1 aliphatic carbocycles. The van der Waals surface area contributed by atoms with Crippen molar-refractivity contribution in [3.05, 3.63) is 64.5 Å². The number of rotatable bonds is 3. The van der Waals surface area contributed by atoms with Crippen molar-refractivity contribution in [2.75, 3.05) is 13.1 Å². The number of nitrogens with zero attached hydrogens (tertiary/aromatic N) is 4. The standard InChI is InChI=1S/C25H26N4O2/c1-16-14-29-15-22(27-24(29)13-26-16)21-11-19-6-5-18(12-23(19)31-25(21)30)17-7-9-28(10-8-17)20-3-2-4-20/h5-6,11-15,17,20H,2-4,7-10H2,1H3. The van der Waals surface area contributed by atoms with Crippen LogP contribution in [0, 0.1) is 6.92 Å². The first kappa shape index (κ1) is 18.8. The molecule has 3 aromatic heterocycles. The molecular weight excluding hydrogens is 388 g/mol. The van der Waals surface area contributed by atoms with Crippen LogP contribution in [0.1, 0.15) is 49.3 Å². The fourth-order valence-electron chi connectivity index (χ4n) is 5.04. The van der Waals surface area contributed by atoms with Crippen LogP contribution in [-0.2, 0) is 0 Å². The van der Waals surface area contributed by atoms with E-state index in [0.29, 0.717) is 28.4 Å². The molecule has 2 fully saturated rings. The maximum atomic E-state index is 12.8. The predicted molar refractivity (Wildman–Crippen MR) is 120 cm³/mol. The van der Waals surface area contributed by atoms with Gasteiger partial charge in [0.15, 0.2) is 5.65 Å². The number of benzene rings is 1. The second-order valence-electron chi connectivity index (χ2n) is 9.06. The molecule has 0 N–H and O–H groups in total.